The Morgan fingerprint density at radius 2 is 1.69 bits per heavy atom. The first-order chi connectivity index (χ1) is 12.4. The summed E-state index contributed by atoms with van der Waals surface area (Å²) in [5.74, 6) is -2.10. The molecule has 1 aliphatic rings. The van der Waals surface area contributed by atoms with Crippen LogP contribution >= 0.6 is 0 Å². The number of hydrogen-bond acceptors (Lipinski definition) is 14. The summed E-state index contributed by atoms with van der Waals surface area (Å²) in [6, 6.07) is 0. The van der Waals surface area contributed by atoms with Crippen molar-refractivity contribution in [2.45, 2.75) is 31.5 Å². The topological polar surface area (TPSA) is 234 Å². The van der Waals surface area contributed by atoms with Gasteiger partial charge >= 0.3 is 65.1 Å². The molecule has 0 aromatic heterocycles. The number of hydrogen-bond donors (Lipinski definition) is 5. The quantitative estimate of drug-likeness (QED) is 0.105. The van der Waals surface area contributed by atoms with E-state index < -0.39 is 58.2 Å². The molecule has 0 aromatic rings. The van der Waals surface area contributed by atoms with E-state index in [0.29, 0.717) is 0 Å². The van der Waals surface area contributed by atoms with Gasteiger partial charge in [-0.15, -0.1) is 0 Å². The van der Waals surface area contributed by atoms with Gasteiger partial charge in [-0.3, -0.25) is 4.79 Å². The number of rotatable bonds is 12. The third-order valence-electron chi connectivity index (χ3n) is 2.94. The number of aliphatic hydroxyl groups is 5. The van der Waals surface area contributed by atoms with Crippen LogP contribution in [0.25, 0.3) is 0 Å². The SMILES string of the molecule is O=C([O-])CC(OCO)C(O)OCO.O=C1CC(COCO)C(OCO)O1.[Na+].[Na+].[OH-]. The molecule has 0 aromatic carbocycles. The van der Waals surface area contributed by atoms with Crippen molar-refractivity contribution in [1.82, 2.24) is 0 Å². The van der Waals surface area contributed by atoms with E-state index in [0.717, 1.165) is 0 Å². The first kappa shape index (κ1) is 36.9. The number of carbonyl (C=O) groups is 2. The van der Waals surface area contributed by atoms with Gasteiger partial charge in [0, 0.05) is 12.4 Å². The average molecular weight is 450 g/mol. The Morgan fingerprint density at radius 3 is 2.14 bits per heavy atom. The molecule has 0 aliphatic carbocycles. The Kier molecular flexibility index (Phi) is 29.5. The molecule has 1 aliphatic heterocycles. The van der Waals surface area contributed by atoms with E-state index in [1.807, 2.05) is 0 Å². The number of esters is 1. The second-order valence-electron chi connectivity index (χ2n) is 4.71. The van der Waals surface area contributed by atoms with Crippen LogP contribution in [0.1, 0.15) is 12.8 Å². The fraction of sp³-hybridized carbons (Fsp3) is 0.846. The van der Waals surface area contributed by atoms with Crippen molar-refractivity contribution < 1.29 is 129 Å². The summed E-state index contributed by atoms with van der Waals surface area (Å²) < 4.78 is 22.8. The number of cyclic esters (lactones) is 1. The van der Waals surface area contributed by atoms with Crippen LogP contribution in [-0.2, 0) is 33.3 Å². The molecular formula is C13H24Na2O14. The first-order valence-corrected chi connectivity index (χ1v) is 7.32. The Hall–Kier alpha value is 0.540. The van der Waals surface area contributed by atoms with Crippen LogP contribution in [0.4, 0.5) is 0 Å². The maximum atomic E-state index is 10.8. The smallest absolute Gasteiger partial charge is 0.870 e. The van der Waals surface area contributed by atoms with Crippen LogP contribution < -0.4 is 64.2 Å². The number of ether oxygens (including phenoxy) is 5. The van der Waals surface area contributed by atoms with Crippen LogP contribution in [0.15, 0.2) is 0 Å². The molecule has 1 saturated heterocycles. The second-order valence-corrected chi connectivity index (χ2v) is 4.71. The molecule has 0 amide bonds. The largest absolute Gasteiger partial charge is 1.00 e. The molecule has 4 unspecified atom stereocenters. The van der Waals surface area contributed by atoms with Gasteiger partial charge in [-0.25, -0.2) is 0 Å². The van der Waals surface area contributed by atoms with Crippen molar-refractivity contribution in [3.8, 4) is 0 Å². The van der Waals surface area contributed by atoms with Crippen molar-refractivity contribution in [3.63, 3.8) is 0 Å². The van der Waals surface area contributed by atoms with Gasteiger partial charge in [0.05, 0.1) is 18.9 Å². The molecule has 162 valence electrons. The van der Waals surface area contributed by atoms with E-state index in [2.05, 4.69) is 9.47 Å². The molecule has 16 heteroatoms. The molecule has 0 saturated carbocycles. The Morgan fingerprint density at radius 1 is 1.10 bits per heavy atom. The summed E-state index contributed by atoms with van der Waals surface area (Å²) in [4.78, 5) is 20.9. The number of carboxylic acid groups (broad SMARTS) is 1. The van der Waals surface area contributed by atoms with E-state index in [-0.39, 0.29) is 89.5 Å². The molecule has 1 fully saturated rings. The number of aliphatic carboxylic acids is 1. The fourth-order valence-corrected chi connectivity index (χ4v) is 1.86. The predicted molar refractivity (Wildman–Crippen MR) is 76.9 cm³/mol. The van der Waals surface area contributed by atoms with Gasteiger partial charge in [-0.05, 0) is 0 Å². The number of carboxylic acids is 1. The Labute approximate surface area is 210 Å². The van der Waals surface area contributed by atoms with Crippen molar-refractivity contribution >= 4 is 11.9 Å². The average Bonchev–Trinajstić information content (AvgIpc) is 2.93. The zero-order valence-corrected chi connectivity index (χ0v) is 20.2. The van der Waals surface area contributed by atoms with Crippen LogP contribution in [0.5, 0.6) is 0 Å². The van der Waals surface area contributed by atoms with Crippen molar-refractivity contribution in [1.29, 1.82) is 0 Å². The van der Waals surface area contributed by atoms with Gasteiger partial charge in [0.1, 0.15) is 33.3 Å². The van der Waals surface area contributed by atoms with Crippen LogP contribution in [0.2, 0.25) is 0 Å². The summed E-state index contributed by atoms with van der Waals surface area (Å²) in [6.07, 6.45) is -4.09. The molecule has 6 N–H and O–H groups in total. The summed E-state index contributed by atoms with van der Waals surface area (Å²) >= 11 is 0. The predicted octanol–water partition coefficient (Wildman–Crippen LogP) is -10.6. The molecule has 0 radical (unpaired) electrons. The van der Waals surface area contributed by atoms with Crippen LogP contribution in [0.3, 0.4) is 0 Å². The molecule has 0 bridgehead atoms. The maximum absolute atomic E-state index is 10.8. The van der Waals surface area contributed by atoms with E-state index in [9.17, 15) is 14.7 Å². The zero-order valence-electron chi connectivity index (χ0n) is 16.2. The summed E-state index contributed by atoms with van der Waals surface area (Å²) in [5.41, 5.74) is 0. The zero-order chi connectivity index (χ0) is 19.9. The molecule has 1 heterocycles. The van der Waals surface area contributed by atoms with Crippen molar-refractivity contribution in [2.24, 2.45) is 5.92 Å². The van der Waals surface area contributed by atoms with E-state index in [1.165, 1.54) is 0 Å². The fourth-order valence-electron chi connectivity index (χ4n) is 1.86. The first-order valence-electron chi connectivity index (χ1n) is 7.32. The van der Waals surface area contributed by atoms with E-state index in [1.54, 1.807) is 0 Å². The van der Waals surface area contributed by atoms with Gasteiger partial charge < -0.3 is 64.6 Å². The molecule has 29 heavy (non-hydrogen) atoms. The second kappa shape index (κ2) is 23.2. The molecule has 0 spiro atoms. The van der Waals surface area contributed by atoms with Gasteiger partial charge in [-0.1, -0.05) is 0 Å². The van der Waals surface area contributed by atoms with Gasteiger partial charge in [-0.2, -0.15) is 0 Å². The Bertz CT molecular complexity index is 402. The van der Waals surface area contributed by atoms with E-state index >= 15 is 0 Å². The summed E-state index contributed by atoms with van der Waals surface area (Å²) in [6.45, 7) is -2.28. The number of aliphatic hydroxyl groups excluding tert-OH is 5. The van der Waals surface area contributed by atoms with Crippen molar-refractivity contribution in [2.75, 3.05) is 33.8 Å². The third-order valence-corrected chi connectivity index (χ3v) is 2.94. The minimum Gasteiger partial charge on any atom is -0.870 e. The normalized spacial score (nSPS) is 19.3. The van der Waals surface area contributed by atoms with Crippen LogP contribution in [-0.4, -0.2) is 95.4 Å². The van der Waals surface area contributed by atoms with E-state index in [4.69, 9.17) is 39.7 Å². The monoisotopic (exact) mass is 450 g/mol. The summed E-state index contributed by atoms with van der Waals surface area (Å²) in [5, 5.41) is 52.4. The van der Waals surface area contributed by atoms with Gasteiger partial charge in [0.25, 0.3) is 0 Å². The molecular weight excluding hydrogens is 426 g/mol. The molecule has 4 atom stereocenters. The molecule has 1 rings (SSSR count). The van der Waals surface area contributed by atoms with Crippen molar-refractivity contribution in [3.05, 3.63) is 0 Å². The minimum absolute atomic E-state index is 0. The Balaban J connectivity index is -0.000000195. The number of carbonyl (C=O) groups excluding carboxylic acids is 2. The summed E-state index contributed by atoms with van der Waals surface area (Å²) in [7, 11) is 0. The molecule has 14 nitrogen and oxygen atoms in total. The van der Waals surface area contributed by atoms with Crippen LogP contribution in [0, 0.1) is 5.92 Å². The minimum atomic E-state index is -1.62. The third kappa shape index (κ3) is 17.9. The van der Waals surface area contributed by atoms with Gasteiger partial charge in [0.15, 0.2) is 6.29 Å². The maximum Gasteiger partial charge on any atom is 1.00 e. The van der Waals surface area contributed by atoms with Gasteiger partial charge in [0.2, 0.25) is 6.29 Å². The standard InChI is InChI=1S/C7H12O6.C6H12O7.2Na.H2O/c8-3-11-2-5-1-6(10)13-7(5)12-4-9;7-2-12-4(1-5(9)10)6(11)13-3-8;;;/h5,7-9H,1-4H2;4,6-8,11H,1-3H2,(H,9,10);;;1H2/q;;2*+1;/p-2.